The standard InChI is InChI=1S/C11H9BrCl2O4/c1-17-11(16)5-18-10-3-7(13)6(2-8(10)14)9(15)4-12/h2-3H,4-5H2,1H3. The molecule has 0 N–H and O–H groups in total. The van der Waals surface area contributed by atoms with Gasteiger partial charge in [0.15, 0.2) is 12.4 Å². The van der Waals surface area contributed by atoms with E-state index in [1.165, 1.54) is 19.2 Å². The van der Waals surface area contributed by atoms with Gasteiger partial charge < -0.3 is 9.47 Å². The van der Waals surface area contributed by atoms with Crippen LogP contribution in [0.25, 0.3) is 0 Å². The number of hydrogen-bond donors (Lipinski definition) is 0. The Labute approximate surface area is 122 Å². The van der Waals surface area contributed by atoms with Crippen molar-refractivity contribution in [2.45, 2.75) is 0 Å². The maximum Gasteiger partial charge on any atom is 0.343 e. The van der Waals surface area contributed by atoms with Crippen LogP contribution in [0.5, 0.6) is 5.75 Å². The Morgan fingerprint density at radius 3 is 2.50 bits per heavy atom. The number of esters is 1. The lowest BCUT2D eigenvalue weighted by atomic mass is 10.1. The SMILES string of the molecule is COC(=O)COc1cc(Cl)c(C(=O)CBr)cc1Cl. The second kappa shape index (κ2) is 6.97. The molecule has 0 saturated heterocycles. The van der Waals surface area contributed by atoms with Crippen LogP contribution < -0.4 is 4.74 Å². The van der Waals surface area contributed by atoms with Gasteiger partial charge in [-0.1, -0.05) is 39.1 Å². The Morgan fingerprint density at radius 1 is 1.28 bits per heavy atom. The summed E-state index contributed by atoms with van der Waals surface area (Å²) in [6.45, 7) is -0.279. The number of benzene rings is 1. The van der Waals surface area contributed by atoms with Gasteiger partial charge in [-0.15, -0.1) is 0 Å². The number of ketones is 1. The van der Waals surface area contributed by atoms with Crippen molar-refractivity contribution in [1.82, 2.24) is 0 Å². The van der Waals surface area contributed by atoms with Gasteiger partial charge in [0.1, 0.15) is 5.75 Å². The summed E-state index contributed by atoms with van der Waals surface area (Å²) in [6.07, 6.45) is 0. The van der Waals surface area contributed by atoms with Gasteiger partial charge in [-0.2, -0.15) is 0 Å². The molecule has 0 unspecified atom stereocenters. The second-order valence-electron chi connectivity index (χ2n) is 3.18. The minimum absolute atomic E-state index is 0.144. The third-order valence-corrected chi connectivity index (χ3v) is 3.13. The molecule has 0 saturated carbocycles. The third-order valence-electron chi connectivity index (χ3n) is 2.02. The summed E-state index contributed by atoms with van der Waals surface area (Å²) in [4.78, 5) is 22.4. The molecule has 4 nitrogen and oxygen atoms in total. The van der Waals surface area contributed by atoms with Crippen molar-refractivity contribution in [3.8, 4) is 5.75 Å². The molecule has 0 bridgehead atoms. The Balaban J connectivity index is 2.93. The number of carbonyl (C=O) groups excluding carboxylic acids is 2. The molecule has 18 heavy (non-hydrogen) atoms. The van der Waals surface area contributed by atoms with Crippen molar-refractivity contribution in [3.05, 3.63) is 27.7 Å². The van der Waals surface area contributed by atoms with E-state index in [1.807, 2.05) is 0 Å². The Bertz CT molecular complexity index is 476. The van der Waals surface area contributed by atoms with E-state index < -0.39 is 5.97 Å². The molecule has 0 aliphatic rings. The molecule has 0 atom stereocenters. The first-order chi connectivity index (χ1) is 8.49. The Morgan fingerprint density at radius 2 is 1.94 bits per heavy atom. The van der Waals surface area contributed by atoms with E-state index in [-0.39, 0.29) is 33.5 Å². The first-order valence-electron chi connectivity index (χ1n) is 4.77. The van der Waals surface area contributed by atoms with E-state index in [2.05, 4.69) is 20.7 Å². The van der Waals surface area contributed by atoms with Crippen LogP contribution in [-0.2, 0) is 9.53 Å². The van der Waals surface area contributed by atoms with Crippen molar-refractivity contribution in [2.75, 3.05) is 19.0 Å². The highest BCUT2D eigenvalue weighted by Crippen LogP contribution is 2.31. The summed E-state index contributed by atoms with van der Waals surface area (Å²) in [6, 6.07) is 2.79. The van der Waals surface area contributed by atoms with Crippen molar-refractivity contribution >= 4 is 50.9 Å². The third kappa shape index (κ3) is 3.86. The predicted octanol–water partition coefficient (Wildman–Crippen LogP) is 3.12. The van der Waals surface area contributed by atoms with Crippen molar-refractivity contribution in [1.29, 1.82) is 0 Å². The zero-order valence-corrected chi connectivity index (χ0v) is 12.4. The van der Waals surface area contributed by atoms with Crippen LogP contribution in [0.2, 0.25) is 10.0 Å². The molecule has 0 spiro atoms. The maximum absolute atomic E-state index is 11.5. The summed E-state index contributed by atoms with van der Waals surface area (Å²) in [5, 5.41) is 0.558. The lowest BCUT2D eigenvalue weighted by Crippen LogP contribution is -2.13. The number of halogens is 3. The molecular formula is C11H9BrCl2O4. The highest BCUT2D eigenvalue weighted by Gasteiger charge is 2.14. The fraction of sp³-hybridized carbons (Fsp3) is 0.273. The van der Waals surface area contributed by atoms with Crippen molar-refractivity contribution < 1.29 is 19.1 Å². The summed E-state index contributed by atoms with van der Waals surface area (Å²) in [7, 11) is 1.25. The lowest BCUT2D eigenvalue weighted by molar-refractivity contribution is -0.142. The number of rotatable bonds is 5. The van der Waals surface area contributed by atoms with E-state index in [0.29, 0.717) is 5.56 Å². The van der Waals surface area contributed by atoms with E-state index in [9.17, 15) is 9.59 Å². The average molecular weight is 356 g/mol. The molecule has 0 aliphatic heterocycles. The number of methoxy groups -OCH3 is 1. The van der Waals surface area contributed by atoms with Gasteiger partial charge in [-0.05, 0) is 6.07 Å². The van der Waals surface area contributed by atoms with Gasteiger partial charge in [0.05, 0.1) is 22.5 Å². The maximum atomic E-state index is 11.5. The fourth-order valence-corrected chi connectivity index (χ4v) is 1.90. The van der Waals surface area contributed by atoms with Crippen LogP contribution in [0.1, 0.15) is 10.4 Å². The van der Waals surface area contributed by atoms with E-state index in [4.69, 9.17) is 27.9 Å². The first-order valence-corrected chi connectivity index (χ1v) is 6.65. The number of alkyl halides is 1. The molecule has 1 aromatic carbocycles. The second-order valence-corrected chi connectivity index (χ2v) is 4.56. The molecule has 1 aromatic rings. The Hall–Kier alpha value is -0.780. The van der Waals surface area contributed by atoms with Crippen LogP contribution >= 0.6 is 39.1 Å². The van der Waals surface area contributed by atoms with E-state index in [1.54, 1.807) is 0 Å². The molecule has 0 fully saturated rings. The highest BCUT2D eigenvalue weighted by atomic mass is 79.9. The largest absolute Gasteiger partial charge is 0.480 e. The lowest BCUT2D eigenvalue weighted by Gasteiger charge is -2.09. The molecule has 0 aliphatic carbocycles. The van der Waals surface area contributed by atoms with Crippen LogP contribution in [0.3, 0.4) is 0 Å². The minimum Gasteiger partial charge on any atom is -0.480 e. The summed E-state index contributed by atoms with van der Waals surface area (Å²) < 4.78 is 9.55. The van der Waals surface area contributed by atoms with Gasteiger partial charge >= 0.3 is 5.97 Å². The predicted molar refractivity (Wildman–Crippen MR) is 72.1 cm³/mol. The van der Waals surface area contributed by atoms with Gasteiger partial charge in [0, 0.05) is 11.6 Å². The van der Waals surface area contributed by atoms with Crippen molar-refractivity contribution in [2.24, 2.45) is 0 Å². The van der Waals surface area contributed by atoms with Crippen molar-refractivity contribution in [3.63, 3.8) is 0 Å². The summed E-state index contributed by atoms with van der Waals surface area (Å²) in [5.41, 5.74) is 0.295. The molecule has 0 heterocycles. The number of carbonyl (C=O) groups is 2. The molecule has 0 amide bonds. The summed E-state index contributed by atoms with van der Waals surface area (Å²) >= 11 is 14.9. The van der Waals surface area contributed by atoms with Crippen LogP contribution in [-0.4, -0.2) is 30.8 Å². The molecule has 7 heteroatoms. The number of hydrogen-bond acceptors (Lipinski definition) is 4. The van der Waals surface area contributed by atoms with Crippen LogP contribution in [0, 0.1) is 0 Å². The topological polar surface area (TPSA) is 52.6 Å². The van der Waals surface area contributed by atoms with E-state index >= 15 is 0 Å². The number of ether oxygens (including phenoxy) is 2. The smallest absolute Gasteiger partial charge is 0.343 e. The van der Waals surface area contributed by atoms with Gasteiger partial charge in [-0.25, -0.2) is 4.79 Å². The number of Topliss-reactive ketones (excluding diaryl/α,β-unsaturated/α-hetero) is 1. The highest BCUT2D eigenvalue weighted by molar-refractivity contribution is 9.09. The van der Waals surface area contributed by atoms with Gasteiger partial charge in [0.25, 0.3) is 0 Å². The average Bonchev–Trinajstić information content (AvgIpc) is 2.37. The fourth-order valence-electron chi connectivity index (χ4n) is 1.12. The Kier molecular flexibility index (Phi) is 5.91. The molecule has 0 radical (unpaired) electrons. The molecule has 1 rings (SSSR count). The molecule has 0 aromatic heterocycles. The van der Waals surface area contributed by atoms with Crippen LogP contribution in [0.15, 0.2) is 12.1 Å². The minimum atomic E-state index is -0.539. The van der Waals surface area contributed by atoms with Gasteiger partial charge in [0.2, 0.25) is 0 Å². The molecular weight excluding hydrogens is 347 g/mol. The summed E-state index contributed by atoms with van der Waals surface area (Å²) in [5.74, 6) is -0.512. The van der Waals surface area contributed by atoms with Gasteiger partial charge in [-0.3, -0.25) is 4.79 Å². The normalized spacial score (nSPS) is 10.0. The zero-order chi connectivity index (χ0) is 13.7. The first kappa shape index (κ1) is 15.3. The zero-order valence-electron chi connectivity index (χ0n) is 9.34. The monoisotopic (exact) mass is 354 g/mol. The van der Waals surface area contributed by atoms with Crippen LogP contribution in [0.4, 0.5) is 0 Å². The van der Waals surface area contributed by atoms with E-state index in [0.717, 1.165) is 0 Å². The quantitative estimate of drug-likeness (QED) is 0.462. The molecule has 98 valence electrons.